The summed E-state index contributed by atoms with van der Waals surface area (Å²) in [4.78, 5) is 11.7. The van der Waals surface area contributed by atoms with Crippen molar-refractivity contribution in [3.8, 4) is 0 Å². The molecular weight excluding hydrogens is 252 g/mol. The molecule has 2 heterocycles. The fourth-order valence-corrected chi connectivity index (χ4v) is 2.81. The number of para-hydroxylation sites is 1. The highest BCUT2D eigenvalue weighted by Crippen LogP contribution is 2.36. The third kappa shape index (κ3) is 1.37. The van der Waals surface area contributed by atoms with Gasteiger partial charge in [-0.3, -0.25) is 0 Å². The lowest BCUT2D eigenvalue weighted by Crippen LogP contribution is -1.98. The Labute approximate surface area is 114 Å². The van der Waals surface area contributed by atoms with Gasteiger partial charge in [0.1, 0.15) is 16.7 Å². The minimum Gasteiger partial charge on any atom is -0.456 e. The first-order chi connectivity index (χ1) is 9.65. The van der Waals surface area contributed by atoms with Gasteiger partial charge in [-0.15, -0.1) is 0 Å². The predicted octanol–water partition coefficient (Wildman–Crippen LogP) is 4.31. The molecule has 0 aliphatic carbocycles. The molecule has 4 rings (SSSR count). The molecule has 0 amide bonds. The van der Waals surface area contributed by atoms with E-state index in [0.29, 0.717) is 5.58 Å². The van der Waals surface area contributed by atoms with Gasteiger partial charge >= 0.3 is 5.63 Å². The van der Waals surface area contributed by atoms with Gasteiger partial charge in [0, 0.05) is 16.8 Å². The smallest absolute Gasteiger partial charge is 0.336 e. The molecule has 0 aliphatic rings. The van der Waals surface area contributed by atoms with Crippen LogP contribution in [0.15, 0.2) is 50.0 Å². The molecule has 0 N–H and O–H groups in total. The summed E-state index contributed by atoms with van der Waals surface area (Å²) in [6.45, 7) is 3.93. The van der Waals surface area contributed by atoms with Crippen molar-refractivity contribution in [2.75, 3.05) is 0 Å². The Morgan fingerprint density at radius 3 is 2.50 bits per heavy atom. The molecule has 3 heteroatoms. The third-order valence-electron chi connectivity index (χ3n) is 3.75. The van der Waals surface area contributed by atoms with Gasteiger partial charge in [-0.1, -0.05) is 18.2 Å². The minimum absolute atomic E-state index is 0.328. The van der Waals surface area contributed by atoms with E-state index in [-0.39, 0.29) is 5.63 Å². The van der Waals surface area contributed by atoms with Gasteiger partial charge in [-0.2, -0.15) is 0 Å². The SMILES string of the molecule is Cc1cc(=O)oc2c1cc(C)c1oc3ccccc3c12. The molecule has 2 aromatic heterocycles. The van der Waals surface area contributed by atoms with Crippen LogP contribution in [-0.2, 0) is 0 Å². The fourth-order valence-electron chi connectivity index (χ4n) is 2.81. The Hall–Kier alpha value is -2.55. The topological polar surface area (TPSA) is 43.4 Å². The Morgan fingerprint density at radius 1 is 0.850 bits per heavy atom. The average molecular weight is 264 g/mol. The van der Waals surface area contributed by atoms with Crippen LogP contribution in [0.5, 0.6) is 0 Å². The van der Waals surface area contributed by atoms with E-state index >= 15 is 0 Å². The van der Waals surface area contributed by atoms with Crippen molar-refractivity contribution in [2.24, 2.45) is 0 Å². The van der Waals surface area contributed by atoms with Crippen molar-refractivity contribution < 1.29 is 8.83 Å². The van der Waals surface area contributed by atoms with Crippen LogP contribution in [0.2, 0.25) is 0 Å². The summed E-state index contributed by atoms with van der Waals surface area (Å²) in [6.07, 6.45) is 0. The summed E-state index contributed by atoms with van der Waals surface area (Å²) in [5.41, 5.74) is 3.84. The fraction of sp³-hybridized carbons (Fsp3) is 0.118. The van der Waals surface area contributed by atoms with Crippen molar-refractivity contribution in [1.29, 1.82) is 0 Å². The third-order valence-corrected chi connectivity index (χ3v) is 3.75. The van der Waals surface area contributed by atoms with Crippen LogP contribution >= 0.6 is 0 Å². The molecule has 0 saturated carbocycles. The van der Waals surface area contributed by atoms with E-state index in [0.717, 1.165) is 38.5 Å². The first-order valence-electron chi connectivity index (χ1n) is 6.50. The lowest BCUT2D eigenvalue weighted by Gasteiger charge is -2.03. The van der Waals surface area contributed by atoms with Crippen molar-refractivity contribution in [3.05, 3.63) is 57.9 Å². The average Bonchev–Trinajstić information content (AvgIpc) is 2.81. The highest BCUT2D eigenvalue weighted by atomic mass is 16.4. The summed E-state index contributed by atoms with van der Waals surface area (Å²) in [5, 5.41) is 2.82. The van der Waals surface area contributed by atoms with Gasteiger partial charge in [-0.25, -0.2) is 4.79 Å². The van der Waals surface area contributed by atoms with Crippen molar-refractivity contribution in [1.82, 2.24) is 0 Å². The number of rotatable bonds is 0. The number of hydrogen-bond donors (Lipinski definition) is 0. The molecule has 4 aromatic rings. The van der Waals surface area contributed by atoms with E-state index in [4.69, 9.17) is 8.83 Å². The molecule has 0 bridgehead atoms. The van der Waals surface area contributed by atoms with Gasteiger partial charge in [0.2, 0.25) is 0 Å². The molecule has 0 aliphatic heterocycles. The Morgan fingerprint density at radius 2 is 1.65 bits per heavy atom. The number of fused-ring (bicyclic) bond motifs is 5. The summed E-state index contributed by atoms with van der Waals surface area (Å²) in [5.74, 6) is 0. The van der Waals surface area contributed by atoms with Gasteiger partial charge in [-0.05, 0) is 37.1 Å². The molecule has 0 fully saturated rings. The zero-order valence-electron chi connectivity index (χ0n) is 11.2. The molecule has 20 heavy (non-hydrogen) atoms. The monoisotopic (exact) mass is 264 g/mol. The minimum atomic E-state index is -0.328. The van der Waals surface area contributed by atoms with E-state index < -0.39 is 0 Å². The molecule has 0 unspecified atom stereocenters. The second-order valence-corrected chi connectivity index (χ2v) is 5.12. The highest BCUT2D eigenvalue weighted by Gasteiger charge is 2.15. The van der Waals surface area contributed by atoms with Crippen molar-refractivity contribution in [2.45, 2.75) is 13.8 Å². The van der Waals surface area contributed by atoms with Crippen LogP contribution in [0.1, 0.15) is 11.1 Å². The van der Waals surface area contributed by atoms with Crippen molar-refractivity contribution in [3.63, 3.8) is 0 Å². The standard InChI is InChI=1S/C17H12O3/c1-9-8-14(18)20-17-12(9)7-10(2)16-15(17)11-5-3-4-6-13(11)19-16/h3-8H,1-2H3. The van der Waals surface area contributed by atoms with Gasteiger partial charge in [0.25, 0.3) is 0 Å². The lowest BCUT2D eigenvalue weighted by molar-refractivity contribution is 0.562. The maximum Gasteiger partial charge on any atom is 0.336 e. The molecular formula is C17H12O3. The Bertz CT molecular complexity index is 1030. The lowest BCUT2D eigenvalue weighted by atomic mass is 10.0. The second-order valence-electron chi connectivity index (χ2n) is 5.12. The first kappa shape index (κ1) is 11.3. The van der Waals surface area contributed by atoms with Crippen molar-refractivity contribution >= 4 is 32.9 Å². The van der Waals surface area contributed by atoms with Crippen LogP contribution in [0.3, 0.4) is 0 Å². The van der Waals surface area contributed by atoms with E-state index in [1.807, 2.05) is 44.2 Å². The van der Waals surface area contributed by atoms with Crippen LogP contribution in [0.25, 0.3) is 32.9 Å². The van der Waals surface area contributed by atoms with E-state index in [1.54, 1.807) is 0 Å². The van der Waals surface area contributed by atoms with Crippen LogP contribution in [-0.4, -0.2) is 0 Å². The number of aryl methyl sites for hydroxylation is 2. The highest BCUT2D eigenvalue weighted by molar-refractivity contribution is 6.17. The van der Waals surface area contributed by atoms with E-state index in [9.17, 15) is 4.79 Å². The van der Waals surface area contributed by atoms with Gasteiger partial charge in [0.05, 0.1) is 5.39 Å². The summed E-state index contributed by atoms with van der Waals surface area (Å²) >= 11 is 0. The Balaban J connectivity index is 2.42. The Kier molecular flexibility index (Phi) is 2.11. The van der Waals surface area contributed by atoms with Crippen LogP contribution < -0.4 is 5.63 Å². The predicted molar refractivity (Wildman–Crippen MR) is 79.2 cm³/mol. The number of furan rings is 1. The molecule has 0 atom stereocenters. The normalized spacial score (nSPS) is 11.7. The molecule has 0 saturated heterocycles. The first-order valence-corrected chi connectivity index (χ1v) is 6.50. The van der Waals surface area contributed by atoms with Gasteiger partial charge < -0.3 is 8.83 Å². The largest absolute Gasteiger partial charge is 0.456 e. The van der Waals surface area contributed by atoms with Gasteiger partial charge in [0.15, 0.2) is 0 Å². The molecule has 0 radical (unpaired) electrons. The summed E-state index contributed by atoms with van der Waals surface area (Å²) in [6, 6.07) is 11.3. The van der Waals surface area contributed by atoms with E-state index in [1.165, 1.54) is 6.07 Å². The van der Waals surface area contributed by atoms with Crippen LogP contribution in [0.4, 0.5) is 0 Å². The quantitative estimate of drug-likeness (QED) is 0.444. The molecule has 3 nitrogen and oxygen atoms in total. The van der Waals surface area contributed by atoms with E-state index in [2.05, 4.69) is 0 Å². The zero-order valence-corrected chi connectivity index (χ0v) is 11.2. The summed E-state index contributed by atoms with van der Waals surface area (Å²) in [7, 11) is 0. The maximum atomic E-state index is 11.7. The summed E-state index contributed by atoms with van der Waals surface area (Å²) < 4.78 is 11.4. The zero-order chi connectivity index (χ0) is 13.9. The molecule has 98 valence electrons. The second kappa shape index (κ2) is 3.73. The number of hydrogen-bond acceptors (Lipinski definition) is 3. The molecule has 0 spiro atoms. The van der Waals surface area contributed by atoms with Crippen LogP contribution in [0, 0.1) is 13.8 Å². The maximum absolute atomic E-state index is 11.7. The molecule has 2 aromatic carbocycles. The number of benzene rings is 2.